The fraction of sp³-hybridized carbons (Fsp3) is 0.158. The molecule has 0 aliphatic heterocycles. The third-order valence-corrected chi connectivity index (χ3v) is 3.55. The van der Waals surface area contributed by atoms with E-state index in [1.807, 2.05) is 19.1 Å². The van der Waals surface area contributed by atoms with Crippen LogP contribution in [0.5, 0.6) is 11.5 Å². The molecule has 2 rings (SSSR count). The van der Waals surface area contributed by atoms with Crippen molar-refractivity contribution in [2.24, 2.45) is 0 Å². The Morgan fingerprint density at radius 3 is 2.56 bits per heavy atom. The van der Waals surface area contributed by atoms with E-state index >= 15 is 0 Å². The second-order valence-corrected chi connectivity index (χ2v) is 5.44. The number of carbonyl (C=O) groups is 1. The van der Waals surface area contributed by atoms with Gasteiger partial charge in [0.1, 0.15) is 23.1 Å². The zero-order chi connectivity index (χ0) is 18.4. The predicted molar refractivity (Wildman–Crippen MR) is 96.6 cm³/mol. The van der Waals surface area contributed by atoms with Crippen LogP contribution in [0.3, 0.4) is 0 Å². The molecular formula is C19H19N3O3. The van der Waals surface area contributed by atoms with Crippen LogP contribution in [0.1, 0.15) is 5.56 Å². The molecule has 0 unspecified atom stereocenters. The monoisotopic (exact) mass is 337 g/mol. The van der Waals surface area contributed by atoms with E-state index in [1.54, 1.807) is 36.2 Å². The molecule has 0 aliphatic carbocycles. The summed E-state index contributed by atoms with van der Waals surface area (Å²) < 4.78 is 5.23. The summed E-state index contributed by atoms with van der Waals surface area (Å²) in [5, 5.41) is 21.3. The average Bonchev–Trinajstić information content (AvgIpc) is 2.60. The maximum absolute atomic E-state index is 12.4. The van der Waals surface area contributed by atoms with Crippen LogP contribution in [-0.4, -0.2) is 25.2 Å². The largest absolute Gasteiger partial charge is 0.508 e. The van der Waals surface area contributed by atoms with E-state index in [4.69, 9.17) is 4.74 Å². The summed E-state index contributed by atoms with van der Waals surface area (Å²) in [6, 6.07) is 13.7. The maximum Gasteiger partial charge on any atom is 0.267 e. The first-order chi connectivity index (χ1) is 11.9. The third-order valence-electron chi connectivity index (χ3n) is 3.55. The molecule has 25 heavy (non-hydrogen) atoms. The lowest BCUT2D eigenvalue weighted by molar-refractivity contribution is -0.112. The molecule has 2 N–H and O–H groups in total. The minimum Gasteiger partial charge on any atom is -0.508 e. The van der Waals surface area contributed by atoms with E-state index < -0.39 is 5.91 Å². The van der Waals surface area contributed by atoms with E-state index in [-0.39, 0.29) is 11.3 Å². The van der Waals surface area contributed by atoms with Gasteiger partial charge in [0, 0.05) is 18.9 Å². The highest BCUT2D eigenvalue weighted by Crippen LogP contribution is 2.26. The molecular weight excluding hydrogens is 318 g/mol. The molecule has 2 aromatic carbocycles. The highest BCUT2D eigenvalue weighted by molar-refractivity contribution is 6.07. The third kappa shape index (κ3) is 4.52. The molecule has 0 saturated carbocycles. The molecule has 6 heteroatoms. The number of nitrogens with one attached hydrogen (secondary N) is 1. The Balaban J connectivity index is 2.22. The second-order valence-electron chi connectivity index (χ2n) is 5.44. The Morgan fingerprint density at radius 1 is 1.28 bits per heavy atom. The molecule has 128 valence electrons. The highest BCUT2D eigenvalue weighted by Gasteiger charge is 2.13. The van der Waals surface area contributed by atoms with Crippen molar-refractivity contribution < 1.29 is 14.6 Å². The first kappa shape index (κ1) is 17.9. The van der Waals surface area contributed by atoms with Crippen molar-refractivity contribution in [3.63, 3.8) is 0 Å². The second kappa shape index (κ2) is 7.88. The summed E-state index contributed by atoms with van der Waals surface area (Å²) >= 11 is 0. The van der Waals surface area contributed by atoms with Gasteiger partial charge < -0.3 is 20.1 Å². The smallest absolute Gasteiger partial charge is 0.267 e. The van der Waals surface area contributed by atoms with Gasteiger partial charge in [0.05, 0.1) is 12.8 Å². The Hall–Kier alpha value is -3.46. The number of methoxy groups -OCH3 is 1. The fourth-order valence-corrected chi connectivity index (χ4v) is 2.20. The molecule has 0 aromatic heterocycles. The van der Waals surface area contributed by atoms with Crippen LogP contribution in [0.4, 0.5) is 11.4 Å². The van der Waals surface area contributed by atoms with Gasteiger partial charge in [0.2, 0.25) is 0 Å². The summed E-state index contributed by atoms with van der Waals surface area (Å²) in [6.07, 6.45) is 1.43. The van der Waals surface area contributed by atoms with Crippen LogP contribution < -0.4 is 15.0 Å². The van der Waals surface area contributed by atoms with Gasteiger partial charge in [0.15, 0.2) is 0 Å². The number of benzene rings is 2. The van der Waals surface area contributed by atoms with Crippen molar-refractivity contribution in [1.82, 2.24) is 0 Å². The highest BCUT2D eigenvalue weighted by atomic mass is 16.5. The van der Waals surface area contributed by atoms with E-state index in [2.05, 4.69) is 5.32 Å². The maximum atomic E-state index is 12.4. The normalized spacial score (nSPS) is 10.7. The quantitative estimate of drug-likeness (QED) is 0.646. The van der Waals surface area contributed by atoms with Gasteiger partial charge in [-0.05, 0) is 48.9 Å². The van der Waals surface area contributed by atoms with Crippen molar-refractivity contribution in [1.29, 1.82) is 5.26 Å². The summed E-state index contributed by atoms with van der Waals surface area (Å²) in [7, 11) is 3.23. The number of phenolic OH excluding ortho intramolecular Hbond substituents is 1. The van der Waals surface area contributed by atoms with E-state index in [0.717, 1.165) is 11.3 Å². The lowest BCUT2D eigenvalue weighted by Gasteiger charge is -2.15. The van der Waals surface area contributed by atoms with Crippen LogP contribution in [-0.2, 0) is 4.79 Å². The number of nitriles is 1. The molecule has 2 aromatic rings. The van der Waals surface area contributed by atoms with Crippen molar-refractivity contribution in [3.8, 4) is 17.6 Å². The number of amides is 1. The predicted octanol–water partition coefficient (Wildman–Crippen LogP) is 3.19. The Bertz CT molecular complexity index is 836. The molecule has 0 radical (unpaired) electrons. The van der Waals surface area contributed by atoms with Crippen LogP contribution in [0.2, 0.25) is 0 Å². The Morgan fingerprint density at radius 2 is 1.96 bits per heavy atom. The van der Waals surface area contributed by atoms with Gasteiger partial charge in [-0.25, -0.2) is 0 Å². The standard InChI is InChI=1S/C19H19N3O3/c1-13-4-9-18(25-3)17(10-13)21-19(24)14(11-20)12-22(2)15-5-7-16(23)8-6-15/h4-10,12,23H,1-3H3,(H,21,24)/b14-12-. The van der Waals surface area contributed by atoms with E-state index in [1.165, 1.54) is 25.4 Å². The Kier molecular flexibility index (Phi) is 5.64. The molecule has 0 bridgehead atoms. The topological polar surface area (TPSA) is 85.6 Å². The molecule has 0 atom stereocenters. The van der Waals surface area contributed by atoms with Crippen molar-refractivity contribution >= 4 is 17.3 Å². The number of aromatic hydroxyl groups is 1. The molecule has 0 aliphatic rings. The molecule has 0 saturated heterocycles. The van der Waals surface area contributed by atoms with Gasteiger partial charge in [0.25, 0.3) is 5.91 Å². The number of phenols is 1. The van der Waals surface area contributed by atoms with Crippen LogP contribution in [0.15, 0.2) is 54.2 Å². The molecule has 0 heterocycles. The lowest BCUT2D eigenvalue weighted by atomic mass is 10.2. The number of ether oxygens (including phenoxy) is 1. The number of carbonyl (C=O) groups excluding carboxylic acids is 1. The number of nitrogens with zero attached hydrogens (tertiary/aromatic N) is 2. The van der Waals surface area contributed by atoms with E-state index in [0.29, 0.717) is 11.4 Å². The van der Waals surface area contributed by atoms with Crippen molar-refractivity contribution in [2.75, 3.05) is 24.4 Å². The first-order valence-electron chi connectivity index (χ1n) is 7.54. The summed E-state index contributed by atoms with van der Waals surface area (Å²) in [5.41, 5.74) is 2.13. The Labute approximate surface area is 146 Å². The van der Waals surface area contributed by atoms with E-state index in [9.17, 15) is 15.2 Å². The average molecular weight is 337 g/mol. The number of anilines is 2. The summed E-state index contributed by atoms with van der Waals surface area (Å²) in [5.74, 6) is 0.131. The van der Waals surface area contributed by atoms with Crippen LogP contribution in [0.25, 0.3) is 0 Å². The zero-order valence-corrected chi connectivity index (χ0v) is 14.3. The minimum atomic E-state index is -0.531. The molecule has 1 amide bonds. The number of hydrogen-bond donors (Lipinski definition) is 2. The minimum absolute atomic E-state index is 0.0564. The summed E-state index contributed by atoms with van der Waals surface area (Å²) in [4.78, 5) is 14.0. The molecule has 0 fully saturated rings. The first-order valence-corrected chi connectivity index (χ1v) is 7.54. The van der Waals surface area contributed by atoms with Crippen LogP contribution >= 0.6 is 0 Å². The number of hydrogen-bond acceptors (Lipinski definition) is 5. The lowest BCUT2D eigenvalue weighted by Crippen LogP contribution is -2.18. The van der Waals surface area contributed by atoms with Gasteiger partial charge in [-0.15, -0.1) is 0 Å². The van der Waals surface area contributed by atoms with Crippen LogP contribution in [0, 0.1) is 18.3 Å². The van der Waals surface area contributed by atoms with Gasteiger partial charge in [-0.3, -0.25) is 4.79 Å². The van der Waals surface area contributed by atoms with Gasteiger partial charge in [-0.1, -0.05) is 6.07 Å². The number of rotatable bonds is 5. The van der Waals surface area contributed by atoms with Gasteiger partial charge in [-0.2, -0.15) is 5.26 Å². The molecule has 6 nitrogen and oxygen atoms in total. The van der Waals surface area contributed by atoms with Crippen molar-refractivity contribution in [3.05, 3.63) is 59.8 Å². The SMILES string of the molecule is COc1ccc(C)cc1NC(=O)/C(C#N)=C\N(C)c1ccc(O)cc1. The zero-order valence-electron chi connectivity index (χ0n) is 14.3. The van der Waals surface area contributed by atoms with Crippen molar-refractivity contribution in [2.45, 2.75) is 6.92 Å². The fourth-order valence-electron chi connectivity index (χ4n) is 2.20. The molecule has 0 spiro atoms. The van der Waals surface area contributed by atoms with Gasteiger partial charge >= 0.3 is 0 Å². The summed E-state index contributed by atoms with van der Waals surface area (Å²) in [6.45, 7) is 1.90. The number of aryl methyl sites for hydroxylation is 1.